The maximum atomic E-state index is 12.4. The molecule has 0 saturated heterocycles. The van der Waals surface area contributed by atoms with E-state index >= 15 is 0 Å². The highest BCUT2D eigenvalue weighted by molar-refractivity contribution is 5.99. The van der Waals surface area contributed by atoms with Crippen LogP contribution in [0.3, 0.4) is 0 Å². The second-order valence-corrected chi connectivity index (χ2v) is 6.08. The summed E-state index contributed by atoms with van der Waals surface area (Å²) in [5.41, 5.74) is 6.79. The third-order valence-corrected chi connectivity index (χ3v) is 4.19. The Morgan fingerprint density at radius 2 is 1.85 bits per heavy atom. The SMILES string of the molecule is COC(=O)c1ccc(C=NNC(=O)c2cc3cccc(C)c3nc2C)cc1. The number of methoxy groups -OCH3 is 1. The maximum absolute atomic E-state index is 12.4. The summed E-state index contributed by atoms with van der Waals surface area (Å²) in [7, 11) is 1.33. The van der Waals surface area contributed by atoms with Gasteiger partial charge in [-0.2, -0.15) is 5.10 Å². The summed E-state index contributed by atoms with van der Waals surface area (Å²) < 4.78 is 4.65. The number of nitrogens with zero attached hydrogens (tertiary/aromatic N) is 2. The Labute approximate surface area is 156 Å². The number of pyridine rings is 1. The Morgan fingerprint density at radius 1 is 1.11 bits per heavy atom. The number of rotatable bonds is 4. The number of para-hydroxylation sites is 1. The number of esters is 1. The largest absolute Gasteiger partial charge is 0.465 e. The smallest absolute Gasteiger partial charge is 0.337 e. The number of hydrogen-bond donors (Lipinski definition) is 1. The number of benzene rings is 2. The number of hydrazone groups is 1. The molecular formula is C21H19N3O3. The fourth-order valence-electron chi connectivity index (χ4n) is 2.72. The number of amides is 1. The molecule has 1 amide bonds. The van der Waals surface area contributed by atoms with Crippen molar-refractivity contribution >= 4 is 29.0 Å². The van der Waals surface area contributed by atoms with Crippen molar-refractivity contribution in [3.63, 3.8) is 0 Å². The molecule has 0 atom stereocenters. The molecular weight excluding hydrogens is 342 g/mol. The van der Waals surface area contributed by atoms with E-state index in [1.807, 2.05) is 31.2 Å². The fraction of sp³-hybridized carbons (Fsp3) is 0.143. The molecule has 0 unspecified atom stereocenters. The molecule has 3 aromatic rings. The van der Waals surface area contributed by atoms with Crippen LogP contribution in [0.4, 0.5) is 0 Å². The van der Waals surface area contributed by atoms with Crippen LogP contribution in [0.5, 0.6) is 0 Å². The third-order valence-electron chi connectivity index (χ3n) is 4.19. The lowest BCUT2D eigenvalue weighted by molar-refractivity contribution is 0.0600. The Hall–Kier alpha value is -3.54. The van der Waals surface area contributed by atoms with Gasteiger partial charge in [0.25, 0.3) is 5.91 Å². The molecule has 136 valence electrons. The second-order valence-electron chi connectivity index (χ2n) is 6.08. The first-order chi connectivity index (χ1) is 13.0. The molecule has 2 aromatic carbocycles. The van der Waals surface area contributed by atoms with E-state index in [1.54, 1.807) is 31.2 Å². The molecule has 3 rings (SSSR count). The van der Waals surface area contributed by atoms with Crippen molar-refractivity contribution in [2.45, 2.75) is 13.8 Å². The number of fused-ring (bicyclic) bond motifs is 1. The lowest BCUT2D eigenvalue weighted by Crippen LogP contribution is -2.19. The van der Waals surface area contributed by atoms with Crippen LogP contribution >= 0.6 is 0 Å². The van der Waals surface area contributed by atoms with Gasteiger partial charge in [0.05, 0.1) is 35.7 Å². The molecule has 0 aliphatic carbocycles. The molecule has 1 heterocycles. The monoisotopic (exact) mass is 361 g/mol. The molecule has 1 aromatic heterocycles. The van der Waals surface area contributed by atoms with E-state index in [0.717, 1.165) is 22.0 Å². The predicted molar refractivity (Wildman–Crippen MR) is 104 cm³/mol. The minimum Gasteiger partial charge on any atom is -0.465 e. The van der Waals surface area contributed by atoms with Gasteiger partial charge in [0.2, 0.25) is 0 Å². The molecule has 0 aliphatic rings. The number of carbonyl (C=O) groups excluding carboxylic acids is 2. The highest BCUT2D eigenvalue weighted by Crippen LogP contribution is 2.19. The van der Waals surface area contributed by atoms with Crippen molar-refractivity contribution in [2.24, 2.45) is 5.10 Å². The minimum atomic E-state index is -0.402. The van der Waals surface area contributed by atoms with Gasteiger partial charge in [0.15, 0.2) is 0 Å². The quantitative estimate of drug-likeness (QED) is 0.439. The lowest BCUT2D eigenvalue weighted by Gasteiger charge is -2.07. The first kappa shape index (κ1) is 18.3. The van der Waals surface area contributed by atoms with Crippen molar-refractivity contribution in [3.05, 3.63) is 76.5 Å². The van der Waals surface area contributed by atoms with Gasteiger partial charge in [0, 0.05) is 5.39 Å². The van der Waals surface area contributed by atoms with E-state index in [1.165, 1.54) is 13.3 Å². The molecule has 0 bridgehead atoms. The third kappa shape index (κ3) is 4.00. The molecule has 0 spiro atoms. The van der Waals surface area contributed by atoms with Crippen LogP contribution < -0.4 is 5.43 Å². The van der Waals surface area contributed by atoms with Gasteiger partial charge in [-0.3, -0.25) is 9.78 Å². The summed E-state index contributed by atoms with van der Waals surface area (Å²) in [6, 6.07) is 14.4. The number of aryl methyl sites for hydroxylation is 2. The molecule has 0 fully saturated rings. The summed E-state index contributed by atoms with van der Waals surface area (Å²) >= 11 is 0. The van der Waals surface area contributed by atoms with E-state index in [-0.39, 0.29) is 5.91 Å². The summed E-state index contributed by atoms with van der Waals surface area (Å²) in [6.07, 6.45) is 1.51. The second kappa shape index (κ2) is 7.78. The molecule has 6 heteroatoms. The lowest BCUT2D eigenvalue weighted by atomic mass is 10.1. The molecule has 27 heavy (non-hydrogen) atoms. The summed E-state index contributed by atoms with van der Waals surface area (Å²) in [5, 5.41) is 4.89. The molecule has 0 saturated carbocycles. The zero-order chi connectivity index (χ0) is 19.4. The highest BCUT2D eigenvalue weighted by atomic mass is 16.5. The zero-order valence-electron chi connectivity index (χ0n) is 15.3. The van der Waals surface area contributed by atoms with Crippen LogP contribution in [-0.2, 0) is 4.74 Å². The van der Waals surface area contributed by atoms with Gasteiger partial charge in [-0.15, -0.1) is 0 Å². The fourth-order valence-corrected chi connectivity index (χ4v) is 2.72. The van der Waals surface area contributed by atoms with Gasteiger partial charge in [-0.05, 0) is 43.2 Å². The van der Waals surface area contributed by atoms with Crippen LogP contribution in [0, 0.1) is 13.8 Å². The molecule has 1 N–H and O–H groups in total. The van der Waals surface area contributed by atoms with Gasteiger partial charge in [-0.1, -0.05) is 30.3 Å². The van der Waals surface area contributed by atoms with Gasteiger partial charge in [-0.25, -0.2) is 10.2 Å². The van der Waals surface area contributed by atoms with Gasteiger partial charge < -0.3 is 4.74 Å². The minimum absolute atomic E-state index is 0.328. The van der Waals surface area contributed by atoms with Crippen molar-refractivity contribution in [2.75, 3.05) is 7.11 Å². The van der Waals surface area contributed by atoms with Gasteiger partial charge in [0.1, 0.15) is 0 Å². The van der Waals surface area contributed by atoms with E-state index in [9.17, 15) is 9.59 Å². The molecule has 0 aliphatic heterocycles. The van der Waals surface area contributed by atoms with E-state index < -0.39 is 5.97 Å². The highest BCUT2D eigenvalue weighted by Gasteiger charge is 2.12. The number of nitrogens with one attached hydrogen (secondary N) is 1. The first-order valence-electron chi connectivity index (χ1n) is 8.38. The normalized spacial score (nSPS) is 10.9. The van der Waals surface area contributed by atoms with Crippen LogP contribution in [0.15, 0.2) is 53.6 Å². The average Bonchev–Trinajstić information content (AvgIpc) is 2.68. The van der Waals surface area contributed by atoms with Crippen LogP contribution in [0.25, 0.3) is 10.9 Å². The van der Waals surface area contributed by atoms with E-state index in [2.05, 4.69) is 20.2 Å². The summed E-state index contributed by atoms with van der Waals surface area (Å²) in [6.45, 7) is 3.79. The predicted octanol–water partition coefficient (Wildman–Crippen LogP) is 3.40. The summed E-state index contributed by atoms with van der Waals surface area (Å²) in [5.74, 6) is -0.729. The van der Waals surface area contributed by atoms with Crippen LogP contribution in [-0.4, -0.2) is 30.2 Å². The van der Waals surface area contributed by atoms with E-state index in [4.69, 9.17) is 0 Å². The molecule has 6 nitrogen and oxygen atoms in total. The van der Waals surface area contributed by atoms with Crippen molar-refractivity contribution in [1.29, 1.82) is 0 Å². The standard InChI is InChI=1S/C21H19N3O3/c1-13-5-4-6-17-11-18(14(2)23-19(13)17)20(25)24-22-12-15-7-9-16(10-8-15)21(26)27-3/h4-12H,1-3H3,(H,24,25). The zero-order valence-corrected chi connectivity index (χ0v) is 15.3. The Bertz CT molecular complexity index is 1040. The Morgan fingerprint density at radius 3 is 2.56 bits per heavy atom. The average molecular weight is 361 g/mol. The van der Waals surface area contributed by atoms with Crippen molar-refractivity contribution in [3.8, 4) is 0 Å². The van der Waals surface area contributed by atoms with Gasteiger partial charge >= 0.3 is 5.97 Å². The number of hydrogen-bond acceptors (Lipinski definition) is 5. The topological polar surface area (TPSA) is 80.6 Å². The summed E-state index contributed by atoms with van der Waals surface area (Å²) in [4.78, 5) is 28.4. The molecule has 0 radical (unpaired) electrons. The van der Waals surface area contributed by atoms with Crippen molar-refractivity contribution < 1.29 is 14.3 Å². The Kier molecular flexibility index (Phi) is 5.26. The number of aromatic nitrogens is 1. The Balaban J connectivity index is 1.74. The van der Waals surface area contributed by atoms with Crippen molar-refractivity contribution in [1.82, 2.24) is 10.4 Å². The maximum Gasteiger partial charge on any atom is 0.337 e. The number of ether oxygens (including phenoxy) is 1. The number of carbonyl (C=O) groups is 2. The van der Waals surface area contributed by atoms with Crippen LogP contribution in [0.1, 0.15) is 37.5 Å². The van der Waals surface area contributed by atoms with Crippen LogP contribution in [0.2, 0.25) is 0 Å². The first-order valence-corrected chi connectivity index (χ1v) is 8.38. The van der Waals surface area contributed by atoms with E-state index in [0.29, 0.717) is 16.8 Å².